The molecule has 1 N–H and O–H groups in total. The molecule has 1 heterocycles. The third-order valence-electron chi connectivity index (χ3n) is 2.41. The number of aromatic amines is 1. The third-order valence-corrected chi connectivity index (χ3v) is 2.41. The van der Waals surface area contributed by atoms with Crippen LogP contribution in [0.25, 0.3) is 0 Å². The van der Waals surface area contributed by atoms with Gasteiger partial charge in [0.15, 0.2) is 11.2 Å². The average Bonchev–Trinajstić information content (AvgIpc) is 2.02. The largest absolute Gasteiger partial charge is 0.364 e. The fraction of sp³-hybridized carbons (Fsp3) is 0.400. The van der Waals surface area contributed by atoms with Gasteiger partial charge in [0.1, 0.15) is 0 Å². The minimum Gasteiger partial charge on any atom is -0.364 e. The second kappa shape index (κ2) is 2.83. The first kappa shape index (κ1) is 8.23. The zero-order valence-corrected chi connectivity index (χ0v) is 7.46. The number of fused-ring (bicyclic) bond motifs is 1. The monoisotopic (exact) mass is 177 g/mol. The van der Waals surface area contributed by atoms with Gasteiger partial charge in [0.2, 0.25) is 0 Å². The van der Waals surface area contributed by atoms with Gasteiger partial charge < -0.3 is 4.98 Å². The van der Waals surface area contributed by atoms with Gasteiger partial charge in [0.05, 0.1) is 5.56 Å². The maximum Gasteiger partial charge on any atom is 0.192 e. The van der Waals surface area contributed by atoms with Crippen molar-refractivity contribution in [3.05, 3.63) is 33.7 Å². The van der Waals surface area contributed by atoms with E-state index in [9.17, 15) is 9.59 Å². The molecule has 0 bridgehead atoms. The molecule has 0 aliphatic heterocycles. The molecule has 0 saturated carbocycles. The molecular formula is C10H11NO2. The van der Waals surface area contributed by atoms with Crippen molar-refractivity contribution < 1.29 is 4.79 Å². The molecule has 0 amide bonds. The van der Waals surface area contributed by atoms with Crippen LogP contribution in [0.3, 0.4) is 0 Å². The van der Waals surface area contributed by atoms with E-state index in [0.717, 1.165) is 12.1 Å². The molecule has 1 aliphatic carbocycles. The number of aromatic nitrogens is 1. The molecule has 2 rings (SSSR count). The Morgan fingerprint density at radius 1 is 1.38 bits per heavy atom. The molecule has 1 aliphatic rings. The summed E-state index contributed by atoms with van der Waals surface area (Å²) in [4.78, 5) is 25.8. The summed E-state index contributed by atoms with van der Waals surface area (Å²) in [5.41, 5.74) is 1.03. The summed E-state index contributed by atoms with van der Waals surface area (Å²) >= 11 is 0. The van der Waals surface area contributed by atoms with E-state index in [2.05, 4.69) is 4.98 Å². The molecule has 0 fully saturated rings. The SMILES string of the molecule is CC1CC(=O)c2c([nH]ccc2=O)C1. The smallest absolute Gasteiger partial charge is 0.192 e. The van der Waals surface area contributed by atoms with E-state index in [0.29, 0.717) is 17.9 Å². The molecule has 0 aromatic carbocycles. The zero-order chi connectivity index (χ0) is 9.42. The van der Waals surface area contributed by atoms with Crippen LogP contribution in [0, 0.1) is 5.92 Å². The van der Waals surface area contributed by atoms with Crippen molar-refractivity contribution in [1.82, 2.24) is 4.98 Å². The van der Waals surface area contributed by atoms with Crippen LogP contribution in [0.15, 0.2) is 17.1 Å². The second-order valence-electron chi connectivity index (χ2n) is 3.63. The predicted octanol–water partition coefficient (Wildman–Crippen LogP) is 1.14. The van der Waals surface area contributed by atoms with Crippen molar-refractivity contribution >= 4 is 5.78 Å². The van der Waals surface area contributed by atoms with Gasteiger partial charge in [-0.3, -0.25) is 9.59 Å². The van der Waals surface area contributed by atoms with E-state index in [-0.39, 0.29) is 11.2 Å². The Morgan fingerprint density at radius 2 is 2.15 bits per heavy atom. The molecule has 0 radical (unpaired) electrons. The van der Waals surface area contributed by atoms with Crippen LogP contribution in [-0.4, -0.2) is 10.8 Å². The Balaban J connectivity index is 2.62. The van der Waals surface area contributed by atoms with E-state index in [1.807, 2.05) is 6.92 Å². The second-order valence-corrected chi connectivity index (χ2v) is 3.63. The van der Waals surface area contributed by atoms with Gasteiger partial charge in [-0.15, -0.1) is 0 Å². The van der Waals surface area contributed by atoms with Crippen molar-refractivity contribution in [2.24, 2.45) is 5.92 Å². The van der Waals surface area contributed by atoms with Gasteiger partial charge in [-0.05, 0) is 12.3 Å². The summed E-state index contributed by atoms with van der Waals surface area (Å²) in [6, 6.07) is 1.41. The molecule has 0 saturated heterocycles. The lowest BCUT2D eigenvalue weighted by molar-refractivity contribution is 0.0951. The normalized spacial score (nSPS) is 21.3. The third kappa shape index (κ3) is 1.30. The lowest BCUT2D eigenvalue weighted by Crippen LogP contribution is -2.26. The number of ketones is 1. The number of pyridine rings is 1. The van der Waals surface area contributed by atoms with Crippen molar-refractivity contribution in [2.75, 3.05) is 0 Å². The van der Waals surface area contributed by atoms with Crippen LogP contribution in [0.5, 0.6) is 0 Å². The van der Waals surface area contributed by atoms with Crippen LogP contribution < -0.4 is 5.43 Å². The lowest BCUT2D eigenvalue weighted by Gasteiger charge is -2.18. The van der Waals surface area contributed by atoms with Gasteiger partial charge >= 0.3 is 0 Å². The van der Waals surface area contributed by atoms with Crippen LogP contribution in [0.1, 0.15) is 29.4 Å². The highest BCUT2D eigenvalue weighted by Crippen LogP contribution is 2.20. The summed E-state index contributed by atoms with van der Waals surface area (Å²) in [5.74, 6) is 0.327. The number of Topliss-reactive ketones (excluding diaryl/α,β-unsaturated/α-hetero) is 1. The van der Waals surface area contributed by atoms with Crippen molar-refractivity contribution in [3.8, 4) is 0 Å². The van der Waals surface area contributed by atoms with Crippen LogP contribution in [0.4, 0.5) is 0 Å². The molecule has 3 nitrogen and oxygen atoms in total. The summed E-state index contributed by atoms with van der Waals surface area (Å²) in [6.45, 7) is 2.02. The maximum atomic E-state index is 11.5. The zero-order valence-electron chi connectivity index (χ0n) is 7.46. The molecular weight excluding hydrogens is 166 g/mol. The summed E-state index contributed by atoms with van der Waals surface area (Å²) in [6.07, 6.45) is 2.91. The molecule has 68 valence electrons. The van der Waals surface area contributed by atoms with E-state index in [1.54, 1.807) is 6.20 Å². The first-order valence-corrected chi connectivity index (χ1v) is 4.42. The molecule has 1 aromatic heterocycles. The van der Waals surface area contributed by atoms with E-state index in [4.69, 9.17) is 0 Å². The number of hydrogen-bond acceptors (Lipinski definition) is 2. The minimum atomic E-state index is -0.148. The average molecular weight is 177 g/mol. The highest BCUT2D eigenvalue weighted by molar-refractivity contribution is 5.98. The topological polar surface area (TPSA) is 49.9 Å². The first-order valence-electron chi connectivity index (χ1n) is 4.42. The maximum absolute atomic E-state index is 11.5. The highest BCUT2D eigenvalue weighted by Gasteiger charge is 2.24. The molecule has 1 aromatic rings. The Kier molecular flexibility index (Phi) is 1.79. The quantitative estimate of drug-likeness (QED) is 0.646. The standard InChI is InChI=1S/C10H11NO2/c1-6-4-7-10(9(13)5-6)8(12)2-3-11-7/h2-3,6H,4-5H2,1H3,(H,11,12). The predicted molar refractivity (Wildman–Crippen MR) is 48.9 cm³/mol. The van der Waals surface area contributed by atoms with Crippen LogP contribution >= 0.6 is 0 Å². The number of nitrogens with one attached hydrogen (secondary N) is 1. The Bertz CT molecular complexity index is 406. The minimum absolute atomic E-state index is 0.0180. The van der Waals surface area contributed by atoms with Gasteiger partial charge in [-0.1, -0.05) is 6.92 Å². The molecule has 1 unspecified atom stereocenters. The number of carbonyl (C=O) groups excluding carboxylic acids is 1. The molecule has 0 spiro atoms. The lowest BCUT2D eigenvalue weighted by atomic mass is 9.87. The van der Waals surface area contributed by atoms with Gasteiger partial charge in [0.25, 0.3) is 0 Å². The van der Waals surface area contributed by atoms with Crippen molar-refractivity contribution in [2.45, 2.75) is 19.8 Å². The summed E-state index contributed by atoms with van der Waals surface area (Å²) in [5, 5.41) is 0. The molecule has 1 atom stereocenters. The fourth-order valence-electron chi connectivity index (χ4n) is 1.83. The number of carbonyl (C=O) groups is 1. The van der Waals surface area contributed by atoms with E-state index in [1.165, 1.54) is 6.07 Å². The number of H-pyrrole nitrogens is 1. The van der Waals surface area contributed by atoms with Crippen LogP contribution in [-0.2, 0) is 6.42 Å². The van der Waals surface area contributed by atoms with Gasteiger partial charge in [-0.2, -0.15) is 0 Å². The Hall–Kier alpha value is -1.38. The summed E-state index contributed by atoms with van der Waals surface area (Å²) in [7, 11) is 0. The fourth-order valence-corrected chi connectivity index (χ4v) is 1.83. The molecule has 13 heavy (non-hydrogen) atoms. The van der Waals surface area contributed by atoms with Crippen molar-refractivity contribution in [3.63, 3.8) is 0 Å². The number of hydrogen-bond donors (Lipinski definition) is 1. The number of rotatable bonds is 0. The Labute approximate surface area is 75.8 Å². The Morgan fingerprint density at radius 3 is 2.92 bits per heavy atom. The van der Waals surface area contributed by atoms with E-state index >= 15 is 0 Å². The van der Waals surface area contributed by atoms with E-state index < -0.39 is 0 Å². The highest BCUT2D eigenvalue weighted by atomic mass is 16.1. The van der Waals surface area contributed by atoms with Gasteiger partial charge in [0, 0.05) is 24.4 Å². The van der Waals surface area contributed by atoms with Gasteiger partial charge in [-0.25, -0.2) is 0 Å². The summed E-state index contributed by atoms with van der Waals surface area (Å²) < 4.78 is 0. The first-order chi connectivity index (χ1) is 6.18. The van der Waals surface area contributed by atoms with Crippen LogP contribution in [0.2, 0.25) is 0 Å². The van der Waals surface area contributed by atoms with Crippen molar-refractivity contribution in [1.29, 1.82) is 0 Å². The molecule has 3 heteroatoms.